The van der Waals surface area contributed by atoms with E-state index in [2.05, 4.69) is 68.1 Å². The van der Waals surface area contributed by atoms with Gasteiger partial charge in [0, 0.05) is 0 Å². The Bertz CT molecular complexity index is 633. The fourth-order valence-electron chi connectivity index (χ4n) is 2.77. The van der Waals surface area contributed by atoms with E-state index in [0.29, 0.717) is 7.18 Å². The molecule has 23 heavy (non-hydrogen) atoms. The molecular weight excluding hydrogens is 283 g/mol. The molecule has 0 heterocycles. The maximum absolute atomic E-state index is 9.50. The Balaban J connectivity index is 0.000000615. The molecule has 2 aromatic carbocycles. The highest BCUT2D eigenvalue weighted by molar-refractivity contribution is 6.00. The molecule has 0 spiro atoms. The summed E-state index contributed by atoms with van der Waals surface area (Å²) >= 11 is 0. The summed E-state index contributed by atoms with van der Waals surface area (Å²) in [5.74, 6) is 0. The Morgan fingerprint density at radius 1 is 0.783 bits per heavy atom. The molecular formula is C22H27F. The standard InChI is InChI=1S/C19H18.C2H6.CH3F/c1-14-8-11-16(12-9-14)18-13-10-15(2)19(18)17-6-4-3-5-7-17;2*1-2/h3-9,11-12H,2,10,13H2,1H3;1-2H3;1H3. The Hall–Kier alpha value is -2.15. The fourth-order valence-corrected chi connectivity index (χ4v) is 2.77. The highest BCUT2D eigenvalue weighted by Gasteiger charge is 2.20. The van der Waals surface area contributed by atoms with Gasteiger partial charge in [0.1, 0.15) is 0 Å². The second-order valence-corrected chi connectivity index (χ2v) is 5.19. The first-order valence-corrected chi connectivity index (χ1v) is 8.17. The zero-order valence-electron chi connectivity index (χ0n) is 14.7. The van der Waals surface area contributed by atoms with E-state index in [9.17, 15) is 4.39 Å². The molecule has 0 saturated heterocycles. The molecule has 0 fully saturated rings. The van der Waals surface area contributed by atoms with Gasteiger partial charge < -0.3 is 0 Å². The van der Waals surface area contributed by atoms with Crippen LogP contribution < -0.4 is 0 Å². The molecule has 0 saturated carbocycles. The Kier molecular flexibility index (Phi) is 8.04. The quantitative estimate of drug-likeness (QED) is 0.568. The molecule has 0 nitrogen and oxygen atoms in total. The van der Waals surface area contributed by atoms with Crippen LogP contribution in [0.2, 0.25) is 0 Å². The summed E-state index contributed by atoms with van der Waals surface area (Å²) < 4.78 is 9.50. The van der Waals surface area contributed by atoms with Crippen LogP contribution in [0.3, 0.4) is 0 Å². The zero-order valence-corrected chi connectivity index (χ0v) is 14.7. The SMILES string of the molecule is C=C1CCC(c2ccc(C)cc2)=C1c1ccccc1.CC.CF. The summed E-state index contributed by atoms with van der Waals surface area (Å²) in [5, 5.41) is 0. The molecule has 0 N–H and O–H groups in total. The predicted octanol–water partition coefficient (Wildman–Crippen LogP) is 6.87. The number of alkyl halides is 1. The first-order chi connectivity index (χ1) is 11.3. The van der Waals surface area contributed by atoms with E-state index in [1.807, 2.05) is 13.8 Å². The molecule has 3 rings (SSSR count). The van der Waals surface area contributed by atoms with Crippen molar-refractivity contribution in [2.75, 3.05) is 7.18 Å². The first-order valence-electron chi connectivity index (χ1n) is 8.17. The van der Waals surface area contributed by atoms with Crippen LogP contribution in [0.25, 0.3) is 11.1 Å². The van der Waals surface area contributed by atoms with Gasteiger partial charge in [-0.3, -0.25) is 4.39 Å². The molecule has 2 aromatic rings. The van der Waals surface area contributed by atoms with E-state index in [0.717, 1.165) is 12.8 Å². The molecule has 0 radical (unpaired) electrons. The molecule has 122 valence electrons. The van der Waals surface area contributed by atoms with E-state index in [4.69, 9.17) is 0 Å². The molecule has 0 aliphatic heterocycles. The second kappa shape index (κ2) is 9.78. The third-order valence-corrected chi connectivity index (χ3v) is 3.79. The molecule has 0 atom stereocenters. The van der Waals surface area contributed by atoms with E-state index in [-0.39, 0.29) is 0 Å². The van der Waals surface area contributed by atoms with E-state index in [1.165, 1.54) is 33.4 Å². The van der Waals surface area contributed by atoms with Crippen molar-refractivity contribution < 1.29 is 4.39 Å². The molecule has 1 aliphatic carbocycles. The lowest BCUT2D eigenvalue weighted by molar-refractivity contribution is 0.636. The van der Waals surface area contributed by atoms with Crippen molar-refractivity contribution in [1.29, 1.82) is 0 Å². The third kappa shape index (κ3) is 4.66. The summed E-state index contributed by atoms with van der Waals surface area (Å²) in [6.45, 7) is 10.4. The predicted molar refractivity (Wildman–Crippen MR) is 101 cm³/mol. The smallest absolute Gasteiger partial charge is 0.0785 e. The van der Waals surface area contributed by atoms with Crippen LogP contribution in [0.1, 0.15) is 43.4 Å². The minimum absolute atomic E-state index is 0.500. The third-order valence-electron chi connectivity index (χ3n) is 3.79. The van der Waals surface area contributed by atoms with E-state index in [1.54, 1.807) is 0 Å². The number of aryl methyl sites for hydroxylation is 1. The summed E-state index contributed by atoms with van der Waals surface area (Å²) in [6.07, 6.45) is 2.18. The van der Waals surface area contributed by atoms with Crippen molar-refractivity contribution in [3.63, 3.8) is 0 Å². The number of benzene rings is 2. The number of allylic oxidation sites excluding steroid dienone is 3. The highest BCUT2D eigenvalue weighted by Crippen LogP contribution is 2.42. The lowest BCUT2D eigenvalue weighted by atomic mass is 9.95. The van der Waals surface area contributed by atoms with Crippen molar-refractivity contribution in [2.24, 2.45) is 0 Å². The maximum Gasteiger partial charge on any atom is 0.0785 e. The van der Waals surface area contributed by atoms with Gasteiger partial charge in [-0.1, -0.05) is 80.6 Å². The summed E-state index contributed by atoms with van der Waals surface area (Å²) in [6, 6.07) is 19.4. The van der Waals surface area contributed by atoms with Gasteiger partial charge in [0.15, 0.2) is 0 Å². The van der Waals surface area contributed by atoms with Gasteiger partial charge in [-0.05, 0) is 47.6 Å². The summed E-state index contributed by atoms with van der Waals surface area (Å²) in [4.78, 5) is 0. The van der Waals surface area contributed by atoms with Crippen LogP contribution in [0.15, 0.2) is 66.7 Å². The van der Waals surface area contributed by atoms with Gasteiger partial charge in [0.2, 0.25) is 0 Å². The molecule has 1 heteroatoms. The Morgan fingerprint density at radius 3 is 1.91 bits per heavy atom. The maximum atomic E-state index is 9.50. The van der Waals surface area contributed by atoms with Crippen LogP contribution in [0, 0.1) is 6.92 Å². The van der Waals surface area contributed by atoms with Crippen molar-refractivity contribution in [2.45, 2.75) is 33.6 Å². The molecule has 1 aliphatic rings. The van der Waals surface area contributed by atoms with Gasteiger partial charge in [0.05, 0.1) is 7.18 Å². The Morgan fingerprint density at radius 2 is 1.35 bits per heavy atom. The average molecular weight is 310 g/mol. The lowest BCUT2D eigenvalue weighted by Crippen LogP contribution is -1.87. The molecule has 0 aromatic heterocycles. The van der Waals surface area contributed by atoms with Crippen molar-refractivity contribution in [3.8, 4) is 0 Å². The van der Waals surface area contributed by atoms with Crippen LogP contribution in [0.5, 0.6) is 0 Å². The topological polar surface area (TPSA) is 0 Å². The fraction of sp³-hybridized carbons (Fsp3) is 0.273. The summed E-state index contributed by atoms with van der Waals surface area (Å²) in [5.41, 5.74) is 7.99. The largest absolute Gasteiger partial charge is 0.255 e. The van der Waals surface area contributed by atoms with Gasteiger partial charge >= 0.3 is 0 Å². The van der Waals surface area contributed by atoms with E-state index >= 15 is 0 Å². The van der Waals surface area contributed by atoms with Gasteiger partial charge in [-0.2, -0.15) is 0 Å². The normalized spacial score (nSPS) is 13.0. The van der Waals surface area contributed by atoms with Crippen molar-refractivity contribution in [1.82, 2.24) is 0 Å². The van der Waals surface area contributed by atoms with E-state index < -0.39 is 0 Å². The van der Waals surface area contributed by atoms with Crippen molar-refractivity contribution in [3.05, 3.63) is 83.4 Å². The molecule has 0 amide bonds. The van der Waals surface area contributed by atoms with Crippen LogP contribution in [0.4, 0.5) is 4.39 Å². The number of hydrogen-bond donors (Lipinski definition) is 0. The number of hydrogen-bond acceptors (Lipinski definition) is 0. The first kappa shape index (κ1) is 18.9. The molecule has 0 unspecified atom stereocenters. The number of rotatable bonds is 2. The minimum atomic E-state index is 0.500. The lowest BCUT2D eigenvalue weighted by Gasteiger charge is -2.09. The second-order valence-electron chi connectivity index (χ2n) is 5.19. The van der Waals surface area contributed by atoms with Crippen molar-refractivity contribution >= 4 is 11.1 Å². The van der Waals surface area contributed by atoms with Gasteiger partial charge in [-0.15, -0.1) is 0 Å². The highest BCUT2D eigenvalue weighted by atomic mass is 19.1. The number of halogens is 1. The minimum Gasteiger partial charge on any atom is -0.255 e. The van der Waals surface area contributed by atoms with Crippen LogP contribution in [-0.2, 0) is 0 Å². The van der Waals surface area contributed by atoms with Gasteiger partial charge in [0.25, 0.3) is 0 Å². The van der Waals surface area contributed by atoms with Crippen LogP contribution in [-0.4, -0.2) is 7.18 Å². The monoisotopic (exact) mass is 310 g/mol. The van der Waals surface area contributed by atoms with Gasteiger partial charge in [-0.25, -0.2) is 0 Å². The Labute approximate surface area is 140 Å². The average Bonchev–Trinajstić information content (AvgIpc) is 3.01. The summed E-state index contributed by atoms with van der Waals surface area (Å²) in [7, 11) is 0.500. The van der Waals surface area contributed by atoms with Crippen LogP contribution >= 0.6 is 0 Å². The zero-order chi connectivity index (χ0) is 17.2. The molecule has 0 bridgehead atoms.